The summed E-state index contributed by atoms with van der Waals surface area (Å²) in [6.07, 6.45) is 2.35. The summed E-state index contributed by atoms with van der Waals surface area (Å²) in [6.45, 7) is 5.66. The first-order chi connectivity index (χ1) is 9.61. The van der Waals surface area contributed by atoms with Gasteiger partial charge in [-0.3, -0.25) is 4.68 Å². The first-order valence-electron chi connectivity index (χ1n) is 6.51. The van der Waals surface area contributed by atoms with Gasteiger partial charge in [-0.25, -0.2) is 4.98 Å². The maximum atomic E-state index is 5.88. The van der Waals surface area contributed by atoms with Crippen LogP contribution in [0, 0.1) is 13.8 Å². The van der Waals surface area contributed by atoms with Crippen LogP contribution in [0.25, 0.3) is 0 Å². The van der Waals surface area contributed by atoms with Crippen molar-refractivity contribution >= 4 is 11.5 Å². The molecule has 0 spiro atoms. The van der Waals surface area contributed by atoms with E-state index in [-0.39, 0.29) is 0 Å². The lowest BCUT2D eigenvalue weighted by Gasteiger charge is -2.10. The molecule has 0 aliphatic carbocycles. The van der Waals surface area contributed by atoms with Gasteiger partial charge in [-0.1, -0.05) is 0 Å². The summed E-state index contributed by atoms with van der Waals surface area (Å²) in [6, 6.07) is 2.07. The molecule has 0 bridgehead atoms. The summed E-state index contributed by atoms with van der Waals surface area (Å²) in [5.41, 5.74) is 8.53. The van der Waals surface area contributed by atoms with E-state index in [0.717, 1.165) is 25.2 Å². The highest BCUT2D eigenvalue weighted by atomic mass is 16.5. The molecule has 0 unspecified atom stereocenters. The molecule has 2 aromatic rings. The molecule has 0 saturated heterocycles. The van der Waals surface area contributed by atoms with E-state index in [1.54, 1.807) is 0 Å². The fourth-order valence-electron chi connectivity index (χ4n) is 2.02. The quantitative estimate of drug-likeness (QED) is 0.775. The molecule has 7 nitrogen and oxygen atoms in total. The van der Waals surface area contributed by atoms with Gasteiger partial charge in [0.05, 0.1) is 12.8 Å². The van der Waals surface area contributed by atoms with Gasteiger partial charge in [0.1, 0.15) is 12.0 Å². The standard InChI is InChI=1S/C13H20N6O/c1-9-7-10(2)19(18-9)6-4-5-15-12-11(14)13(20-3)17-8-16-12/h7-8H,4-6,14H2,1-3H3,(H,15,16,17). The smallest absolute Gasteiger partial charge is 0.242 e. The molecule has 0 aromatic carbocycles. The molecule has 0 radical (unpaired) electrons. The molecule has 0 atom stereocenters. The number of aromatic nitrogens is 4. The van der Waals surface area contributed by atoms with Crippen molar-refractivity contribution in [3.8, 4) is 5.88 Å². The van der Waals surface area contributed by atoms with Gasteiger partial charge in [-0.2, -0.15) is 10.1 Å². The second-order valence-electron chi connectivity index (χ2n) is 4.58. The van der Waals surface area contributed by atoms with Crippen LogP contribution in [0.15, 0.2) is 12.4 Å². The third-order valence-corrected chi connectivity index (χ3v) is 2.98. The maximum absolute atomic E-state index is 5.88. The van der Waals surface area contributed by atoms with Crippen molar-refractivity contribution in [2.75, 3.05) is 24.7 Å². The molecule has 2 rings (SSSR count). The van der Waals surface area contributed by atoms with Crippen LogP contribution in [0.2, 0.25) is 0 Å². The van der Waals surface area contributed by atoms with Gasteiger partial charge in [0.25, 0.3) is 0 Å². The summed E-state index contributed by atoms with van der Waals surface area (Å²) in [4.78, 5) is 8.04. The Balaban J connectivity index is 1.86. The van der Waals surface area contributed by atoms with E-state index in [9.17, 15) is 0 Å². The predicted octanol–water partition coefficient (Wildman–Crippen LogP) is 1.38. The van der Waals surface area contributed by atoms with Gasteiger partial charge >= 0.3 is 0 Å². The van der Waals surface area contributed by atoms with Gasteiger partial charge in [0.15, 0.2) is 5.82 Å². The molecule has 2 aromatic heterocycles. The van der Waals surface area contributed by atoms with E-state index in [1.807, 2.05) is 11.6 Å². The monoisotopic (exact) mass is 276 g/mol. The highest BCUT2D eigenvalue weighted by Crippen LogP contribution is 2.23. The van der Waals surface area contributed by atoms with E-state index in [4.69, 9.17) is 10.5 Å². The molecule has 20 heavy (non-hydrogen) atoms. The maximum Gasteiger partial charge on any atom is 0.242 e. The van der Waals surface area contributed by atoms with E-state index in [2.05, 4.69) is 33.4 Å². The number of nitrogens with zero attached hydrogens (tertiary/aromatic N) is 4. The fourth-order valence-corrected chi connectivity index (χ4v) is 2.02. The van der Waals surface area contributed by atoms with Crippen molar-refractivity contribution in [3.05, 3.63) is 23.8 Å². The van der Waals surface area contributed by atoms with E-state index < -0.39 is 0 Å². The Morgan fingerprint density at radius 2 is 2.15 bits per heavy atom. The summed E-state index contributed by atoms with van der Waals surface area (Å²) in [5.74, 6) is 0.992. The Hall–Kier alpha value is -2.31. The molecule has 0 amide bonds. The Morgan fingerprint density at radius 3 is 2.80 bits per heavy atom. The second kappa shape index (κ2) is 6.23. The molecule has 0 fully saturated rings. The third kappa shape index (κ3) is 3.17. The molecule has 7 heteroatoms. The zero-order valence-electron chi connectivity index (χ0n) is 12.1. The average molecular weight is 276 g/mol. The zero-order valence-corrected chi connectivity index (χ0v) is 12.1. The third-order valence-electron chi connectivity index (χ3n) is 2.98. The lowest BCUT2D eigenvalue weighted by Crippen LogP contribution is -2.11. The zero-order chi connectivity index (χ0) is 14.5. The first kappa shape index (κ1) is 14.1. The summed E-state index contributed by atoms with van der Waals surface area (Å²) in [7, 11) is 1.53. The lowest BCUT2D eigenvalue weighted by molar-refractivity contribution is 0.399. The SMILES string of the molecule is COc1ncnc(NCCCn2nc(C)cc2C)c1N. The van der Waals surface area contributed by atoms with Crippen molar-refractivity contribution in [1.82, 2.24) is 19.7 Å². The van der Waals surface area contributed by atoms with Gasteiger partial charge in [0.2, 0.25) is 5.88 Å². The summed E-state index contributed by atoms with van der Waals surface area (Å²) in [5, 5.41) is 7.61. The number of nitrogen functional groups attached to an aromatic ring is 1. The highest BCUT2D eigenvalue weighted by Gasteiger charge is 2.07. The van der Waals surface area contributed by atoms with Gasteiger partial charge < -0.3 is 15.8 Å². The molecule has 2 heterocycles. The summed E-state index contributed by atoms with van der Waals surface area (Å²) >= 11 is 0. The number of hydrogen-bond donors (Lipinski definition) is 2. The predicted molar refractivity (Wildman–Crippen MR) is 77.8 cm³/mol. The molecular formula is C13H20N6O. The molecule has 3 N–H and O–H groups in total. The van der Waals surface area contributed by atoms with Crippen LogP contribution in [0.4, 0.5) is 11.5 Å². The molecule has 0 aliphatic rings. The second-order valence-corrected chi connectivity index (χ2v) is 4.58. The van der Waals surface area contributed by atoms with Crippen LogP contribution in [-0.4, -0.2) is 33.4 Å². The number of nitrogens with one attached hydrogen (secondary N) is 1. The minimum Gasteiger partial charge on any atom is -0.479 e. The van der Waals surface area contributed by atoms with E-state index >= 15 is 0 Å². The van der Waals surface area contributed by atoms with E-state index in [1.165, 1.54) is 19.1 Å². The average Bonchev–Trinajstić information content (AvgIpc) is 2.74. The van der Waals surface area contributed by atoms with Crippen LogP contribution in [0.3, 0.4) is 0 Å². The number of hydrogen-bond acceptors (Lipinski definition) is 6. The van der Waals surface area contributed by atoms with Gasteiger partial charge in [0, 0.05) is 18.8 Å². The normalized spacial score (nSPS) is 10.6. The number of rotatable bonds is 6. The Bertz CT molecular complexity index is 580. The molecule has 0 saturated carbocycles. The van der Waals surface area contributed by atoms with Gasteiger partial charge in [-0.15, -0.1) is 0 Å². The van der Waals surface area contributed by atoms with Crippen LogP contribution >= 0.6 is 0 Å². The van der Waals surface area contributed by atoms with Gasteiger partial charge in [-0.05, 0) is 26.3 Å². The summed E-state index contributed by atoms with van der Waals surface area (Å²) < 4.78 is 7.05. The number of ether oxygens (including phenoxy) is 1. The fraction of sp³-hybridized carbons (Fsp3) is 0.462. The van der Waals surface area contributed by atoms with Crippen molar-refractivity contribution in [2.24, 2.45) is 0 Å². The van der Waals surface area contributed by atoms with E-state index in [0.29, 0.717) is 17.4 Å². The molecular weight excluding hydrogens is 256 g/mol. The largest absolute Gasteiger partial charge is 0.479 e. The Labute approximate surface area is 118 Å². The van der Waals surface area contributed by atoms with Crippen molar-refractivity contribution in [3.63, 3.8) is 0 Å². The van der Waals surface area contributed by atoms with Crippen molar-refractivity contribution in [2.45, 2.75) is 26.8 Å². The van der Waals surface area contributed by atoms with Crippen LogP contribution in [-0.2, 0) is 6.54 Å². The lowest BCUT2D eigenvalue weighted by atomic mass is 10.3. The molecule has 108 valence electrons. The highest BCUT2D eigenvalue weighted by molar-refractivity contribution is 5.66. The number of methoxy groups -OCH3 is 1. The minimum absolute atomic E-state index is 0.390. The number of nitrogens with two attached hydrogens (primary N) is 1. The minimum atomic E-state index is 0.390. The Morgan fingerprint density at radius 1 is 1.35 bits per heavy atom. The van der Waals surface area contributed by atoms with Crippen LogP contribution in [0.5, 0.6) is 5.88 Å². The Kier molecular flexibility index (Phi) is 4.39. The topological polar surface area (TPSA) is 90.9 Å². The van der Waals surface area contributed by atoms with Crippen molar-refractivity contribution in [1.29, 1.82) is 0 Å². The number of anilines is 2. The van der Waals surface area contributed by atoms with Crippen LogP contribution < -0.4 is 15.8 Å². The molecule has 0 aliphatic heterocycles. The van der Waals surface area contributed by atoms with Crippen molar-refractivity contribution < 1.29 is 4.74 Å². The first-order valence-corrected chi connectivity index (χ1v) is 6.51. The number of aryl methyl sites for hydroxylation is 3. The van der Waals surface area contributed by atoms with Crippen LogP contribution in [0.1, 0.15) is 17.8 Å².